The first-order valence-corrected chi connectivity index (χ1v) is 10.6. The molecule has 0 amide bonds. The Labute approximate surface area is 179 Å². The van der Waals surface area contributed by atoms with Gasteiger partial charge in [0.25, 0.3) is 0 Å². The van der Waals surface area contributed by atoms with E-state index in [4.69, 9.17) is 9.47 Å². The van der Waals surface area contributed by atoms with Gasteiger partial charge in [0.1, 0.15) is 0 Å². The minimum atomic E-state index is -1.27. The van der Waals surface area contributed by atoms with Gasteiger partial charge in [0.2, 0.25) is 0 Å². The monoisotopic (exact) mass is 414 g/mol. The first-order valence-electron chi connectivity index (χ1n) is 10.6. The van der Waals surface area contributed by atoms with E-state index in [1.165, 1.54) is 30.9 Å². The number of hydrogen-bond donors (Lipinski definition) is 1. The Balaban J connectivity index is 2.08. The highest BCUT2D eigenvalue weighted by atomic mass is 16.5. The lowest BCUT2D eigenvalue weighted by Crippen LogP contribution is -2.45. The second-order valence-corrected chi connectivity index (χ2v) is 8.24. The third-order valence-electron chi connectivity index (χ3n) is 6.02. The van der Waals surface area contributed by atoms with E-state index in [0.717, 1.165) is 6.42 Å². The lowest BCUT2D eigenvalue weighted by Gasteiger charge is -2.37. The highest BCUT2D eigenvalue weighted by Gasteiger charge is 2.52. The van der Waals surface area contributed by atoms with Crippen LogP contribution in [0.25, 0.3) is 0 Å². The van der Waals surface area contributed by atoms with Crippen LogP contribution in [0.15, 0.2) is 53.6 Å². The molecule has 0 aliphatic heterocycles. The summed E-state index contributed by atoms with van der Waals surface area (Å²) in [5.41, 5.74) is 2.36. The smallest absolute Gasteiger partial charge is 0.323 e. The minimum absolute atomic E-state index is 0.0664. The molecule has 0 heterocycles. The molecule has 2 atom stereocenters. The zero-order valence-corrected chi connectivity index (χ0v) is 18.5. The quantitative estimate of drug-likeness (QED) is 0.388. The first kappa shape index (κ1) is 23.9. The maximum absolute atomic E-state index is 12.5. The largest absolute Gasteiger partial charge is 0.468 e. The third kappa shape index (κ3) is 5.82. The Bertz CT molecular complexity index is 758. The summed E-state index contributed by atoms with van der Waals surface area (Å²) in [6.07, 6.45) is 6.93. The van der Waals surface area contributed by atoms with Gasteiger partial charge in [-0.05, 0) is 63.9 Å². The van der Waals surface area contributed by atoms with Crippen LogP contribution in [0.3, 0.4) is 0 Å². The van der Waals surface area contributed by atoms with Crippen molar-refractivity contribution in [2.24, 2.45) is 11.3 Å². The van der Waals surface area contributed by atoms with Crippen LogP contribution in [-0.2, 0) is 25.5 Å². The van der Waals surface area contributed by atoms with Crippen molar-refractivity contribution < 1.29 is 24.2 Å². The van der Waals surface area contributed by atoms with E-state index < -0.39 is 23.5 Å². The van der Waals surface area contributed by atoms with E-state index in [2.05, 4.69) is 12.1 Å². The average Bonchev–Trinajstić information content (AvgIpc) is 2.76. The molecule has 1 aromatic rings. The molecule has 0 spiro atoms. The number of aryl methyl sites for hydroxylation is 1. The number of rotatable bonds is 8. The molecule has 1 saturated carbocycles. The van der Waals surface area contributed by atoms with Crippen molar-refractivity contribution in [3.05, 3.63) is 59.2 Å². The Kier molecular flexibility index (Phi) is 8.85. The van der Waals surface area contributed by atoms with Crippen LogP contribution in [0, 0.1) is 11.3 Å². The molecule has 0 aromatic heterocycles. The SMILES string of the molecule is COC(=O)C1(C(=O)OC)CCC(=C(C)C)[C@H](/C=C/C[C@H](O)CCc2ccccc2)C1. The van der Waals surface area contributed by atoms with Gasteiger partial charge in [-0.25, -0.2) is 0 Å². The number of methoxy groups -OCH3 is 2. The van der Waals surface area contributed by atoms with Crippen LogP contribution in [0.2, 0.25) is 0 Å². The van der Waals surface area contributed by atoms with E-state index in [1.54, 1.807) is 0 Å². The van der Waals surface area contributed by atoms with Gasteiger partial charge in [0.15, 0.2) is 5.41 Å². The second kappa shape index (κ2) is 11.1. The van der Waals surface area contributed by atoms with Gasteiger partial charge in [-0.2, -0.15) is 0 Å². The number of ether oxygens (including phenoxy) is 2. The number of aliphatic hydroxyl groups excluding tert-OH is 1. The molecule has 164 valence electrons. The standard InChI is InChI=1S/C25H34O5/c1-18(2)22-15-16-25(23(27)29-3,24(28)30-4)17-20(22)11-8-12-21(26)14-13-19-9-6-5-7-10-19/h5-11,20-21,26H,12-17H2,1-4H3/b11-8+/t20-,21+/m1/s1. The fraction of sp³-hybridized carbons (Fsp3) is 0.520. The Hall–Kier alpha value is -2.40. The number of hydrogen-bond acceptors (Lipinski definition) is 5. The molecule has 0 radical (unpaired) electrons. The fourth-order valence-corrected chi connectivity index (χ4v) is 4.28. The molecule has 5 heteroatoms. The molecule has 1 fully saturated rings. The van der Waals surface area contributed by atoms with E-state index in [9.17, 15) is 14.7 Å². The maximum Gasteiger partial charge on any atom is 0.323 e. The van der Waals surface area contributed by atoms with Crippen molar-refractivity contribution in [1.82, 2.24) is 0 Å². The van der Waals surface area contributed by atoms with Crippen molar-refractivity contribution in [3.8, 4) is 0 Å². The molecule has 1 N–H and O–H groups in total. The summed E-state index contributed by atoms with van der Waals surface area (Å²) in [7, 11) is 2.61. The molecular formula is C25H34O5. The van der Waals surface area contributed by atoms with E-state index in [1.807, 2.05) is 44.2 Å². The predicted octanol–water partition coefficient (Wildman–Crippen LogP) is 4.40. The van der Waals surface area contributed by atoms with Crippen LogP contribution < -0.4 is 0 Å². The Morgan fingerprint density at radius 2 is 1.80 bits per heavy atom. The fourth-order valence-electron chi connectivity index (χ4n) is 4.28. The van der Waals surface area contributed by atoms with Gasteiger partial charge in [-0.3, -0.25) is 9.59 Å². The summed E-state index contributed by atoms with van der Waals surface area (Å²) in [5.74, 6) is -1.14. The van der Waals surface area contributed by atoms with E-state index >= 15 is 0 Å². The molecular weight excluding hydrogens is 380 g/mol. The van der Waals surface area contributed by atoms with Crippen LogP contribution in [0.4, 0.5) is 0 Å². The van der Waals surface area contributed by atoms with Crippen molar-refractivity contribution in [2.75, 3.05) is 14.2 Å². The molecule has 30 heavy (non-hydrogen) atoms. The van der Waals surface area contributed by atoms with Gasteiger partial charge >= 0.3 is 11.9 Å². The van der Waals surface area contributed by atoms with Crippen LogP contribution >= 0.6 is 0 Å². The molecule has 0 unspecified atom stereocenters. The molecule has 1 aliphatic rings. The van der Waals surface area contributed by atoms with Crippen molar-refractivity contribution >= 4 is 11.9 Å². The van der Waals surface area contributed by atoms with Crippen LogP contribution in [0.1, 0.15) is 51.5 Å². The normalized spacial score (nSPS) is 19.4. The molecule has 0 saturated heterocycles. The number of benzene rings is 1. The van der Waals surface area contributed by atoms with Gasteiger partial charge < -0.3 is 14.6 Å². The first-order chi connectivity index (χ1) is 14.3. The number of aliphatic hydroxyl groups is 1. The summed E-state index contributed by atoms with van der Waals surface area (Å²) in [6.45, 7) is 4.10. The zero-order valence-electron chi connectivity index (χ0n) is 18.5. The highest BCUT2D eigenvalue weighted by Crippen LogP contribution is 2.45. The van der Waals surface area contributed by atoms with Crippen LogP contribution in [-0.4, -0.2) is 37.4 Å². The summed E-state index contributed by atoms with van der Waals surface area (Å²) >= 11 is 0. The molecule has 1 aliphatic carbocycles. The minimum Gasteiger partial charge on any atom is -0.468 e. The topological polar surface area (TPSA) is 72.8 Å². The van der Waals surface area contributed by atoms with Gasteiger partial charge in [-0.15, -0.1) is 0 Å². The lowest BCUT2D eigenvalue weighted by atomic mass is 9.66. The Morgan fingerprint density at radius 3 is 2.37 bits per heavy atom. The summed E-state index contributed by atoms with van der Waals surface area (Å²) < 4.78 is 9.91. The zero-order chi connectivity index (χ0) is 22.1. The van der Waals surface area contributed by atoms with E-state index in [-0.39, 0.29) is 5.92 Å². The molecule has 1 aromatic carbocycles. The third-order valence-corrected chi connectivity index (χ3v) is 6.02. The molecule has 2 rings (SSSR count). The van der Waals surface area contributed by atoms with Crippen molar-refractivity contribution in [2.45, 2.75) is 58.5 Å². The highest BCUT2D eigenvalue weighted by molar-refractivity contribution is 6.00. The summed E-state index contributed by atoms with van der Waals surface area (Å²) in [4.78, 5) is 25.0. The number of allylic oxidation sites excluding steroid dienone is 3. The maximum atomic E-state index is 12.5. The lowest BCUT2D eigenvalue weighted by molar-refractivity contribution is -0.171. The van der Waals surface area contributed by atoms with Crippen molar-refractivity contribution in [3.63, 3.8) is 0 Å². The van der Waals surface area contributed by atoms with Crippen molar-refractivity contribution in [1.29, 1.82) is 0 Å². The number of carbonyl (C=O) groups is 2. The summed E-state index contributed by atoms with van der Waals surface area (Å²) in [5, 5.41) is 10.4. The molecule has 0 bridgehead atoms. The van der Waals surface area contributed by atoms with Gasteiger partial charge in [-0.1, -0.05) is 53.6 Å². The van der Waals surface area contributed by atoms with Gasteiger partial charge in [0, 0.05) is 0 Å². The van der Waals surface area contributed by atoms with E-state index in [0.29, 0.717) is 32.1 Å². The molecule has 5 nitrogen and oxygen atoms in total. The number of esters is 2. The number of carbonyl (C=O) groups excluding carboxylic acids is 2. The second-order valence-electron chi connectivity index (χ2n) is 8.24. The Morgan fingerprint density at radius 1 is 1.17 bits per heavy atom. The van der Waals surface area contributed by atoms with Gasteiger partial charge in [0.05, 0.1) is 20.3 Å². The summed E-state index contributed by atoms with van der Waals surface area (Å²) in [6, 6.07) is 10.1. The average molecular weight is 415 g/mol. The van der Waals surface area contributed by atoms with Crippen LogP contribution in [0.5, 0.6) is 0 Å². The predicted molar refractivity (Wildman–Crippen MR) is 117 cm³/mol.